The van der Waals surface area contributed by atoms with Crippen molar-refractivity contribution in [3.63, 3.8) is 0 Å². The molecule has 0 bridgehead atoms. The molecule has 2 fully saturated rings. The van der Waals surface area contributed by atoms with E-state index in [1.807, 2.05) is 19.1 Å². The van der Waals surface area contributed by atoms with Crippen LogP contribution in [0, 0.1) is 12.3 Å². The molecular weight excluding hydrogens is 350 g/mol. The van der Waals surface area contributed by atoms with Crippen molar-refractivity contribution >= 4 is 26.0 Å². The lowest BCUT2D eigenvalue weighted by Gasteiger charge is -2.38. The van der Waals surface area contributed by atoms with Crippen molar-refractivity contribution in [1.82, 2.24) is 4.31 Å². The van der Waals surface area contributed by atoms with E-state index < -0.39 is 10.0 Å². The summed E-state index contributed by atoms with van der Waals surface area (Å²) >= 11 is 3.40. The summed E-state index contributed by atoms with van der Waals surface area (Å²) in [5, 5.41) is 0. The molecule has 1 aromatic carbocycles. The predicted molar refractivity (Wildman–Crippen MR) is 87.8 cm³/mol. The number of sulfonamides is 1. The number of halogens is 1. The zero-order valence-electron chi connectivity index (χ0n) is 12.4. The zero-order valence-corrected chi connectivity index (χ0v) is 14.8. The maximum atomic E-state index is 12.8. The second-order valence-corrected chi connectivity index (χ2v) is 9.31. The average molecular weight is 372 g/mol. The summed E-state index contributed by atoms with van der Waals surface area (Å²) in [6, 6.07) is 5.45. The summed E-state index contributed by atoms with van der Waals surface area (Å²) in [5.41, 5.74) is 1.50. The molecule has 1 saturated heterocycles. The Hall–Kier alpha value is -0.390. The SMILES string of the molecule is Cc1ccc(S(=O)(=O)N2CCC3(CCCC3)CC2)c(Br)c1. The molecule has 3 nitrogen and oxygen atoms in total. The Kier molecular flexibility index (Phi) is 4.19. The molecule has 5 heteroatoms. The van der Waals surface area contributed by atoms with Crippen molar-refractivity contribution in [3.8, 4) is 0 Å². The molecule has 2 aliphatic rings. The van der Waals surface area contributed by atoms with Gasteiger partial charge in [-0.2, -0.15) is 4.31 Å². The number of aryl methyl sites for hydroxylation is 1. The molecule has 3 rings (SSSR count). The highest BCUT2D eigenvalue weighted by atomic mass is 79.9. The summed E-state index contributed by atoms with van der Waals surface area (Å²) in [4.78, 5) is 0.399. The third-order valence-corrected chi connectivity index (χ3v) is 8.03. The minimum absolute atomic E-state index is 0.399. The normalized spacial score (nSPS) is 22.8. The van der Waals surface area contributed by atoms with Crippen LogP contribution in [0.1, 0.15) is 44.1 Å². The Labute approximate surface area is 135 Å². The van der Waals surface area contributed by atoms with Crippen molar-refractivity contribution in [3.05, 3.63) is 28.2 Å². The van der Waals surface area contributed by atoms with Crippen LogP contribution in [-0.4, -0.2) is 25.8 Å². The fraction of sp³-hybridized carbons (Fsp3) is 0.625. The Bertz CT molecular complexity index is 626. The molecule has 1 aliphatic heterocycles. The van der Waals surface area contributed by atoms with E-state index in [-0.39, 0.29) is 0 Å². The van der Waals surface area contributed by atoms with Crippen LogP contribution in [0.3, 0.4) is 0 Å². The van der Waals surface area contributed by atoms with Gasteiger partial charge in [-0.05, 0) is 71.6 Å². The van der Waals surface area contributed by atoms with Gasteiger partial charge in [-0.25, -0.2) is 8.42 Å². The maximum Gasteiger partial charge on any atom is 0.244 e. The monoisotopic (exact) mass is 371 g/mol. The van der Waals surface area contributed by atoms with Crippen LogP contribution in [0.4, 0.5) is 0 Å². The highest BCUT2D eigenvalue weighted by molar-refractivity contribution is 9.10. The van der Waals surface area contributed by atoms with Gasteiger partial charge in [-0.1, -0.05) is 18.9 Å². The van der Waals surface area contributed by atoms with Crippen LogP contribution in [0.15, 0.2) is 27.6 Å². The van der Waals surface area contributed by atoms with E-state index in [0.29, 0.717) is 27.9 Å². The number of hydrogen-bond donors (Lipinski definition) is 0. The van der Waals surface area contributed by atoms with E-state index in [1.54, 1.807) is 10.4 Å². The van der Waals surface area contributed by atoms with Gasteiger partial charge in [0.15, 0.2) is 0 Å². The van der Waals surface area contributed by atoms with E-state index in [1.165, 1.54) is 25.7 Å². The van der Waals surface area contributed by atoms with Gasteiger partial charge in [0.1, 0.15) is 0 Å². The molecule has 1 saturated carbocycles. The molecule has 21 heavy (non-hydrogen) atoms. The molecular formula is C16H22BrNO2S. The lowest BCUT2D eigenvalue weighted by molar-refractivity contribution is 0.160. The largest absolute Gasteiger partial charge is 0.244 e. The third-order valence-electron chi connectivity index (χ3n) is 5.15. The first-order chi connectivity index (χ1) is 9.93. The Morgan fingerprint density at radius 2 is 1.71 bits per heavy atom. The molecule has 0 N–H and O–H groups in total. The minimum Gasteiger partial charge on any atom is -0.207 e. The van der Waals surface area contributed by atoms with Crippen molar-refractivity contribution in [2.45, 2.75) is 50.3 Å². The van der Waals surface area contributed by atoms with Gasteiger partial charge in [0.05, 0.1) is 4.90 Å². The van der Waals surface area contributed by atoms with E-state index in [0.717, 1.165) is 18.4 Å². The van der Waals surface area contributed by atoms with Gasteiger partial charge in [-0.3, -0.25) is 0 Å². The smallest absolute Gasteiger partial charge is 0.207 e. The van der Waals surface area contributed by atoms with Crippen LogP contribution < -0.4 is 0 Å². The summed E-state index contributed by atoms with van der Waals surface area (Å²) < 4.78 is 28.0. The fourth-order valence-electron chi connectivity index (χ4n) is 3.78. The quantitative estimate of drug-likeness (QED) is 0.784. The first kappa shape index (κ1) is 15.5. The topological polar surface area (TPSA) is 37.4 Å². The molecule has 0 aromatic heterocycles. The average Bonchev–Trinajstić information content (AvgIpc) is 2.87. The Morgan fingerprint density at radius 1 is 1.10 bits per heavy atom. The van der Waals surface area contributed by atoms with Gasteiger partial charge in [0, 0.05) is 17.6 Å². The molecule has 1 aliphatic carbocycles. The highest BCUT2D eigenvalue weighted by Gasteiger charge is 2.40. The first-order valence-electron chi connectivity index (χ1n) is 7.69. The lowest BCUT2D eigenvalue weighted by atomic mass is 9.78. The maximum absolute atomic E-state index is 12.8. The number of piperidine rings is 1. The lowest BCUT2D eigenvalue weighted by Crippen LogP contribution is -2.42. The molecule has 116 valence electrons. The van der Waals surface area contributed by atoms with Crippen LogP contribution in [-0.2, 0) is 10.0 Å². The van der Waals surface area contributed by atoms with Crippen LogP contribution in [0.5, 0.6) is 0 Å². The van der Waals surface area contributed by atoms with E-state index in [9.17, 15) is 8.42 Å². The standard InChI is InChI=1S/C16H22BrNO2S/c1-13-4-5-15(14(17)12-13)21(19,20)18-10-8-16(9-11-18)6-2-3-7-16/h4-5,12H,2-3,6-11H2,1H3. The number of benzene rings is 1. The van der Waals surface area contributed by atoms with Crippen molar-refractivity contribution in [2.24, 2.45) is 5.41 Å². The van der Waals surface area contributed by atoms with Gasteiger partial charge in [0.25, 0.3) is 0 Å². The van der Waals surface area contributed by atoms with Crippen molar-refractivity contribution in [1.29, 1.82) is 0 Å². The number of hydrogen-bond acceptors (Lipinski definition) is 2. The predicted octanol–water partition coefficient (Wildman–Crippen LogP) is 4.10. The molecule has 1 aromatic rings. The van der Waals surface area contributed by atoms with E-state index in [2.05, 4.69) is 15.9 Å². The van der Waals surface area contributed by atoms with Gasteiger partial charge >= 0.3 is 0 Å². The van der Waals surface area contributed by atoms with E-state index >= 15 is 0 Å². The molecule has 1 heterocycles. The Morgan fingerprint density at radius 3 is 2.29 bits per heavy atom. The molecule has 0 atom stereocenters. The number of nitrogens with zero attached hydrogens (tertiary/aromatic N) is 1. The van der Waals surface area contributed by atoms with E-state index in [4.69, 9.17) is 0 Å². The molecule has 1 spiro atoms. The second kappa shape index (κ2) is 5.67. The van der Waals surface area contributed by atoms with Crippen molar-refractivity contribution in [2.75, 3.05) is 13.1 Å². The summed E-state index contributed by atoms with van der Waals surface area (Å²) in [7, 11) is -3.37. The second-order valence-electron chi connectivity index (χ2n) is 6.55. The van der Waals surface area contributed by atoms with Crippen LogP contribution in [0.25, 0.3) is 0 Å². The van der Waals surface area contributed by atoms with Gasteiger partial charge < -0.3 is 0 Å². The van der Waals surface area contributed by atoms with Crippen LogP contribution >= 0.6 is 15.9 Å². The molecule has 0 amide bonds. The van der Waals surface area contributed by atoms with Crippen LogP contribution in [0.2, 0.25) is 0 Å². The minimum atomic E-state index is -3.37. The molecule has 0 unspecified atom stereocenters. The summed E-state index contributed by atoms with van der Waals surface area (Å²) in [6.45, 7) is 3.30. The van der Waals surface area contributed by atoms with Gasteiger partial charge in [-0.15, -0.1) is 0 Å². The number of rotatable bonds is 2. The summed E-state index contributed by atoms with van der Waals surface area (Å²) in [6.07, 6.45) is 7.25. The Balaban J connectivity index is 1.80. The fourth-order valence-corrected chi connectivity index (χ4v) is 6.37. The molecule has 0 radical (unpaired) electrons. The van der Waals surface area contributed by atoms with Gasteiger partial charge in [0.2, 0.25) is 10.0 Å². The highest BCUT2D eigenvalue weighted by Crippen LogP contribution is 2.46. The zero-order chi connectivity index (χ0) is 15.1. The third kappa shape index (κ3) is 2.92. The van der Waals surface area contributed by atoms with Crippen molar-refractivity contribution < 1.29 is 8.42 Å². The summed E-state index contributed by atoms with van der Waals surface area (Å²) in [5.74, 6) is 0. The first-order valence-corrected chi connectivity index (χ1v) is 9.93.